The van der Waals surface area contributed by atoms with Gasteiger partial charge in [-0.05, 0) is 38.1 Å². The Morgan fingerprint density at radius 2 is 1.96 bits per heavy atom. The van der Waals surface area contributed by atoms with Gasteiger partial charge in [0.15, 0.2) is 5.75 Å². The van der Waals surface area contributed by atoms with Crippen LogP contribution in [0.15, 0.2) is 60.1 Å². The van der Waals surface area contributed by atoms with Crippen molar-refractivity contribution in [1.82, 2.24) is 9.78 Å². The van der Waals surface area contributed by atoms with Crippen molar-refractivity contribution in [2.75, 3.05) is 11.3 Å². The van der Waals surface area contributed by atoms with Crippen LogP contribution < -0.4 is 9.46 Å². The second kappa shape index (κ2) is 7.21. The molecule has 0 saturated heterocycles. The molecule has 0 atom stereocenters. The van der Waals surface area contributed by atoms with Gasteiger partial charge in [-0.15, -0.1) is 6.58 Å². The number of allylic oxidation sites excluding steroid dienone is 1. The van der Waals surface area contributed by atoms with Crippen LogP contribution in [0.1, 0.15) is 12.5 Å². The third-order valence-corrected chi connectivity index (χ3v) is 5.25. The number of ether oxygens (including phenoxy) is 1. The lowest BCUT2D eigenvalue weighted by molar-refractivity contribution is 0.346. The highest BCUT2D eigenvalue weighted by Gasteiger charge is 2.19. The fourth-order valence-corrected chi connectivity index (χ4v) is 3.71. The molecule has 26 heavy (non-hydrogen) atoms. The van der Waals surface area contributed by atoms with E-state index in [1.165, 1.54) is 0 Å². The normalized spacial score (nSPS) is 11.5. The van der Waals surface area contributed by atoms with E-state index in [2.05, 4.69) is 16.4 Å². The lowest BCUT2D eigenvalue weighted by Crippen LogP contribution is -2.14. The van der Waals surface area contributed by atoms with Gasteiger partial charge in [0.25, 0.3) is 10.0 Å². The second-order valence-electron chi connectivity index (χ2n) is 5.87. The van der Waals surface area contributed by atoms with Gasteiger partial charge in [0.05, 0.1) is 34.6 Å². The van der Waals surface area contributed by atoms with Gasteiger partial charge in [-0.1, -0.05) is 23.8 Å². The molecule has 3 rings (SSSR count). The standard InChI is InChI=1S/C19H21N3O3S/c1-4-12-22-13-16-17(20-22)10-11-18(19(16)25-5-2)21-26(23,24)15-8-6-14(3)7-9-15/h4,6-11,13,21H,1,5,12H2,2-3H3. The summed E-state index contributed by atoms with van der Waals surface area (Å²) in [6, 6.07) is 10.1. The van der Waals surface area contributed by atoms with Crippen molar-refractivity contribution in [3.8, 4) is 5.75 Å². The van der Waals surface area contributed by atoms with Crippen molar-refractivity contribution >= 4 is 26.6 Å². The molecule has 0 spiro atoms. The lowest BCUT2D eigenvalue weighted by atomic mass is 10.2. The summed E-state index contributed by atoms with van der Waals surface area (Å²) in [5.74, 6) is 0.469. The van der Waals surface area contributed by atoms with E-state index < -0.39 is 10.0 Å². The van der Waals surface area contributed by atoms with Crippen LogP contribution in [0.4, 0.5) is 5.69 Å². The number of fused-ring (bicyclic) bond motifs is 1. The Hall–Kier alpha value is -2.80. The molecule has 0 aliphatic carbocycles. The van der Waals surface area contributed by atoms with Crippen molar-refractivity contribution in [3.63, 3.8) is 0 Å². The van der Waals surface area contributed by atoms with Crippen LogP contribution in [0.3, 0.4) is 0 Å². The average Bonchev–Trinajstić information content (AvgIpc) is 3.00. The first kappa shape index (κ1) is 18.0. The van der Waals surface area contributed by atoms with E-state index in [9.17, 15) is 8.42 Å². The molecule has 0 amide bonds. The zero-order valence-corrected chi connectivity index (χ0v) is 15.6. The largest absolute Gasteiger partial charge is 0.491 e. The van der Waals surface area contributed by atoms with E-state index in [-0.39, 0.29) is 4.90 Å². The topological polar surface area (TPSA) is 73.2 Å². The Bertz CT molecular complexity index is 1040. The third-order valence-electron chi connectivity index (χ3n) is 3.87. The van der Waals surface area contributed by atoms with Crippen molar-refractivity contribution < 1.29 is 13.2 Å². The van der Waals surface area contributed by atoms with Gasteiger partial charge in [0, 0.05) is 6.20 Å². The molecule has 0 unspecified atom stereocenters. The maximum atomic E-state index is 12.7. The molecule has 0 bridgehead atoms. The molecule has 1 heterocycles. The molecular weight excluding hydrogens is 350 g/mol. The van der Waals surface area contributed by atoms with Crippen LogP contribution >= 0.6 is 0 Å². The molecule has 136 valence electrons. The Morgan fingerprint density at radius 1 is 1.23 bits per heavy atom. The number of sulfonamides is 1. The smallest absolute Gasteiger partial charge is 0.262 e. The summed E-state index contributed by atoms with van der Waals surface area (Å²) in [7, 11) is -3.72. The number of rotatable bonds is 7. The first-order valence-electron chi connectivity index (χ1n) is 8.28. The predicted molar refractivity (Wildman–Crippen MR) is 103 cm³/mol. The lowest BCUT2D eigenvalue weighted by Gasteiger charge is -2.13. The van der Waals surface area contributed by atoms with Gasteiger partial charge in [-0.2, -0.15) is 5.10 Å². The summed E-state index contributed by atoms with van der Waals surface area (Å²) in [5.41, 5.74) is 2.11. The van der Waals surface area contributed by atoms with E-state index in [0.717, 1.165) is 16.5 Å². The second-order valence-corrected chi connectivity index (χ2v) is 7.55. The van der Waals surface area contributed by atoms with E-state index in [1.54, 1.807) is 47.2 Å². The van der Waals surface area contributed by atoms with Crippen LogP contribution in [-0.4, -0.2) is 24.8 Å². The van der Waals surface area contributed by atoms with Gasteiger partial charge in [-0.3, -0.25) is 9.40 Å². The number of benzene rings is 2. The van der Waals surface area contributed by atoms with Crippen LogP contribution in [0, 0.1) is 6.92 Å². The first-order chi connectivity index (χ1) is 12.4. The van der Waals surface area contributed by atoms with Crippen LogP contribution in [0.2, 0.25) is 0 Å². The highest BCUT2D eigenvalue weighted by molar-refractivity contribution is 7.92. The Morgan fingerprint density at radius 3 is 2.62 bits per heavy atom. The van der Waals surface area contributed by atoms with E-state index in [1.807, 2.05) is 20.0 Å². The summed E-state index contributed by atoms with van der Waals surface area (Å²) < 4.78 is 35.5. The zero-order chi connectivity index (χ0) is 18.7. The maximum Gasteiger partial charge on any atom is 0.262 e. The summed E-state index contributed by atoms with van der Waals surface area (Å²) in [6.45, 7) is 8.44. The van der Waals surface area contributed by atoms with Crippen LogP contribution in [-0.2, 0) is 16.6 Å². The van der Waals surface area contributed by atoms with Crippen molar-refractivity contribution in [2.45, 2.75) is 25.3 Å². The highest BCUT2D eigenvalue weighted by atomic mass is 32.2. The monoisotopic (exact) mass is 371 g/mol. The number of hydrogen-bond donors (Lipinski definition) is 1. The predicted octanol–water partition coefficient (Wildman–Crippen LogP) is 3.73. The number of hydrogen-bond acceptors (Lipinski definition) is 4. The summed E-state index contributed by atoms with van der Waals surface area (Å²) in [4.78, 5) is 0.202. The van der Waals surface area contributed by atoms with Gasteiger partial charge in [0.1, 0.15) is 0 Å². The number of anilines is 1. The fraction of sp³-hybridized carbons (Fsp3) is 0.211. The minimum Gasteiger partial charge on any atom is -0.491 e. The number of nitrogens with one attached hydrogen (secondary N) is 1. The Kier molecular flexibility index (Phi) is 4.99. The van der Waals surface area contributed by atoms with Crippen molar-refractivity contribution in [2.24, 2.45) is 0 Å². The van der Waals surface area contributed by atoms with Gasteiger partial charge in [0.2, 0.25) is 0 Å². The van der Waals surface area contributed by atoms with E-state index >= 15 is 0 Å². The summed E-state index contributed by atoms with van der Waals surface area (Å²) >= 11 is 0. The van der Waals surface area contributed by atoms with Crippen molar-refractivity contribution in [3.05, 3.63) is 60.8 Å². The molecule has 0 aliphatic rings. The van der Waals surface area contributed by atoms with E-state index in [4.69, 9.17) is 4.74 Å². The maximum absolute atomic E-state index is 12.7. The summed E-state index contributed by atoms with van der Waals surface area (Å²) in [5, 5.41) is 5.19. The quantitative estimate of drug-likeness (QED) is 0.642. The molecule has 2 aromatic carbocycles. The SMILES string of the molecule is C=CCn1cc2c(OCC)c(NS(=O)(=O)c3ccc(C)cc3)ccc2n1. The van der Waals surface area contributed by atoms with Crippen LogP contribution in [0.5, 0.6) is 5.75 Å². The van der Waals surface area contributed by atoms with Gasteiger partial charge < -0.3 is 4.74 Å². The van der Waals surface area contributed by atoms with Gasteiger partial charge in [-0.25, -0.2) is 8.42 Å². The zero-order valence-electron chi connectivity index (χ0n) is 14.8. The molecule has 1 N–H and O–H groups in total. The molecule has 6 nitrogen and oxygen atoms in total. The Labute approximate surface area is 153 Å². The average molecular weight is 371 g/mol. The van der Waals surface area contributed by atoms with Crippen molar-refractivity contribution in [1.29, 1.82) is 0 Å². The number of aromatic nitrogens is 2. The van der Waals surface area contributed by atoms with Crippen LogP contribution in [0.25, 0.3) is 10.9 Å². The number of aryl methyl sites for hydroxylation is 1. The minimum absolute atomic E-state index is 0.202. The minimum atomic E-state index is -3.72. The van der Waals surface area contributed by atoms with Gasteiger partial charge >= 0.3 is 0 Å². The molecular formula is C19H21N3O3S. The Balaban J connectivity index is 2.04. The molecule has 0 saturated carbocycles. The molecule has 3 aromatic rings. The highest BCUT2D eigenvalue weighted by Crippen LogP contribution is 2.35. The molecule has 7 heteroatoms. The third kappa shape index (κ3) is 3.57. The molecule has 1 aromatic heterocycles. The molecule has 0 fully saturated rings. The molecule has 0 radical (unpaired) electrons. The fourth-order valence-electron chi connectivity index (χ4n) is 2.64. The first-order valence-corrected chi connectivity index (χ1v) is 9.76. The molecule has 0 aliphatic heterocycles. The number of nitrogens with zero attached hydrogens (tertiary/aromatic N) is 2. The summed E-state index contributed by atoms with van der Waals surface area (Å²) in [6.07, 6.45) is 3.57. The van der Waals surface area contributed by atoms with E-state index in [0.29, 0.717) is 24.6 Å².